The third kappa shape index (κ3) is 3.45. The Balaban J connectivity index is 1.79. The molecule has 0 spiro atoms. The molecule has 1 heterocycles. The number of carbonyl (C=O) groups excluding carboxylic acids is 1. The summed E-state index contributed by atoms with van der Waals surface area (Å²) in [5.41, 5.74) is 1.18. The molecule has 1 aromatic heterocycles. The number of hydrogen-bond donors (Lipinski definition) is 2. The average molecular weight is 243 g/mol. The molecule has 4 heteroatoms. The molecule has 0 radical (unpaired) electrons. The Morgan fingerprint density at radius 2 is 2.17 bits per heavy atom. The van der Waals surface area contributed by atoms with E-state index < -0.39 is 0 Å². The van der Waals surface area contributed by atoms with Gasteiger partial charge in [0.2, 0.25) is 5.91 Å². The molecule has 94 valence electrons. The van der Waals surface area contributed by atoms with Crippen LogP contribution in [-0.2, 0) is 11.2 Å². The van der Waals surface area contributed by atoms with E-state index in [4.69, 9.17) is 0 Å². The molecule has 1 amide bonds. The molecule has 0 saturated carbocycles. The first-order chi connectivity index (χ1) is 8.75. The van der Waals surface area contributed by atoms with Crippen molar-refractivity contribution in [2.75, 3.05) is 0 Å². The van der Waals surface area contributed by atoms with Gasteiger partial charge in [0, 0.05) is 18.8 Å². The van der Waals surface area contributed by atoms with Crippen molar-refractivity contribution in [3.8, 4) is 0 Å². The summed E-state index contributed by atoms with van der Waals surface area (Å²) < 4.78 is 0. The lowest BCUT2D eigenvalue weighted by molar-refractivity contribution is -0.121. The molecule has 4 nitrogen and oxygen atoms in total. The zero-order chi connectivity index (χ0) is 12.8. The van der Waals surface area contributed by atoms with Crippen molar-refractivity contribution in [1.29, 1.82) is 0 Å². The fraction of sp³-hybridized carbons (Fsp3) is 0.286. The van der Waals surface area contributed by atoms with Crippen LogP contribution in [0.15, 0.2) is 42.7 Å². The third-order valence-corrected chi connectivity index (χ3v) is 2.79. The van der Waals surface area contributed by atoms with Gasteiger partial charge in [0.1, 0.15) is 5.82 Å². The van der Waals surface area contributed by atoms with Gasteiger partial charge in [0.25, 0.3) is 0 Å². The van der Waals surface area contributed by atoms with Crippen molar-refractivity contribution in [2.24, 2.45) is 0 Å². The Hall–Kier alpha value is -2.10. The molecular weight excluding hydrogens is 226 g/mol. The van der Waals surface area contributed by atoms with Crippen molar-refractivity contribution in [3.05, 3.63) is 54.1 Å². The second-order valence-electron chi connectivity index (χ2n) is 4.25. The maximum absolute atomic E-state index is 11.8. The predicted octanol–water partition coefficient (Wildman–Crippen LogP) is 2.22. The molecule has 1 aromatic carbocycles. The van der Waals surface area contributed by atoms with Crippen LogP contribution in [-0.4, -0.2) is 15.9 Å². The molecule has 0 aliphatic carbocycles. The molecule has 0 saturated heterocycles. The summed E-state index contributed by atoms with van der Waals surface area (Å²) in [6, 6.07) is 9.93. The Bertz CT molecular complexity index is 479. The first kappa shape index (κ1) is 12.4. The molecule has 0 fully saturated rings. The van der Waals surface area contributed by atoms with E-state index in [9.17, 15) is 4.79 Å². The van der Waals surface area contributed by atoms with E-state index in [0.29, 0.717) is 6.42 Å². The highest BCUT2D eigenvalue weighted by Gasteiger charge is 2.10. The highest BCUT2D eigenvalue weighted by atomic mass is 16.1. The lowest BCUT2D eigenvalue weighted by Gasteiger charge is -2.11. The summed E-state index contributed by atoms with van der Waals surface area (Å²) >= 11 is 0. The maximum atomic E-state index is 11.8. The fourth-order valence-corrected chi connectivity index (χ4v) is 1.80. The summed E-state index contributed by atoms with van der Waals surface area (Å²) in [5, 5.41) is 2.92. The van der Waals surface area contributed by atoms with Gasteiger partial charge in [-0.2, -0.15) is 0 Å². The molecule has 2 rings (SSSR count). The number of rotatable bonds is 5. The van der Waals surface area contributed by atoms with Gasteiger partial charge in [-0.1, -0.05) is 30.3 Å². The quantitative estimate of drug-likeness (QED) is 0.846. The number of amides is 1. The fourth-order valence-electron chi connectivity index (χ4n) is 1.80. The van der Waals surface area contributed by atoms with E-state index in [1.54, 1.807) is 12.4 Å². The van der Waals surface area contributed by atoms with Crippen molar-refractivity contribution in [3.63, 3.8) is 0 Å². The van der Waals surface area contributed by atoms with E-state index in [1.807, 2.05) is 37.3 Å². The average Bonchev–Trinajstić information content (AvgIpc) is 2.91. The van der Waals surface area contributed by atoms with E-state index >= 15 is 0 Å². The molecule has 0 aliphatic rings. The first-order valence-electron chi connectivity index (χ1n) is 6.08. The zero-order valence-electron chi connectivity index (χ0n) is 10.4. The predicted molar refractivity (Wildman–Crippen MR) is 69.9 cm³/mol. The second kappa shape index (κ2) is 6.00. The number of H-pyrrole nitrogens is 1. The van der Waals surface area contributed by atoms with Crippen LogP contribution in [0.4, 0.5) is 0 Å². The van der Waals surface area contributed by atoms with Crippen LogP contribution in [0.5, 0.6) is 0 Å². The van der Waals surface area contributed by atoms with Gasteiger partial charge in [0.15, 0.2) is 0 Å². The van der Waals surface area contributed by atoms with Crippen LogP contribution in [0.25, 0.3) is 0 Å². The standard InChI is InChI=1S/C14H17N3O/c1-11(14-15-9-10-16-14)17-13(18)8-7-12-5-3-2-4-6-12/h2-6,9-11H,7-8H2,1H3,(H,15,16)(H,17,18). The Labute approximate surface area is 106 Å². The lowest BCUT2D eigenvalue weighted by atomic mass is 10.1. The summed E-state index contributed by atoms with van der Waals surface area (Å²) in [4.78, 5) is 18.9. The Kier molecular flexibility index (Phi) is 4.12. The van der Waals surface area contributed by atoms with Gasteiger partial charge in [-0.3, -0.25) is 4.79 Å². The van der Waals surface area contributed by atoms with Crippen molar-refractivity contribution in [1.82, 2.24) is 15.3 Å². The summed E-state index contributed by atoms with van der Waals surface area (Å²) in [6.45, 7) is 1.92. The largest absolute Gasteiger partial charge is 0.347 e. The van der Waals surface area contributed by atoms with Crippen LogP contribution in [0, 0.1) is 0 Å². The minimum absolute atomic E-state index is 0.0442. The molecule has 2 aromatic rings. The maximum Gasteiger partial charge on any atom is 0.220 e. The molecule has 0 bridgehead atoms. The van der Waals surface area contributed by atoms with Gasteiger partial charge in [-0.25, -0.2) is 4.98 Å². The Morgan fingerprint density at radius 1 is 1.39 bits per heavy atom. The van der Waals surface area contributed by atoms with Gasteiger partial charge in [-0.15, -0.1) is 0 Å². The topological polar surface area (TPSA) is 57.8 Å². The number of nitrogens with zero attached hydrogens (tertiary/aromatic N) is 1. The smallest absolute Gasteiger partial charge is 0.220 e. The number of aromatic amines is 1. The van der Waals surface area contributed by atoms with Crippen LogP contribution < -0.4 is 5.32 Å². The molecular formula is C14H17N3O. The SMILES string of the molecule is CC(NC(=O)CCc1ccccc1)c1ncc[nH]1. The second-order valence-corrected chi connectivity index (χ2v) is 4.25. The number of imidazole rings is 1. The molecule has 18 heavy (non-hydrogen) atoms. The minimum Gasteiger partial charge on any atom is -0.347 e. The van der Waals surface area contributed by atoms with Crippen LogP contribution in [0.3, 0.4) is 0 Å². The van der Waals surface area contributed by atoms with Gasteiger partial charge >= 0.3 is 0 Å². The van der Waals surface area contributed by atoms with Crippen LogP contribution in [0.1, 0.15) is 30.8 Å². The number of hydrogen-bond acceptors (Lipinski definition) is 2. The summed E-state index contributed by atoms with van der Waals surface area (Å²) in [7, 11) is 0. The molecule has 0 aliphatic heterocycles. The molecule has 1 unspecified atom stereocenters. The molecule has 2 N–H and O–H groups in total. The van der Waals surface area contributed by atoms with E-state index in [1.165, 1.54) is 5.56 Å². The van der Waals surface area contributed by atoms with Crippen molar-refractivity contribution >= 4 is 5.91 Å². The number of carbonyl (C=O) groups is 1. The monoisotopic (exact) mass is 243 g/mol. The first-order valence-corrected chi connectivity index (χ1v) is 6.08. The number of nitrogens with one attached hydrogen (secondary N) is 2. The zero-order valence-corrected chi connectivity index (χ0v) is 10.4. The number of benzene rings is 1. The van der Waals surface area contributed by atoms with Gasteiger partial charge < -0.3 is 10.3 Å². The van der Waals surface area contributed by atoms with Gasteiger partial charge in [0.05, 0.1) is 6.04 Å². The normalized spacial score (nSPS) is 12.1. The lowest BCUT2D eigenvalue weighted by Crippen LogP contribution is -2.27. The minimum atomic E-state index is -0.0803. The number of aromatic nitrogens is 2. The molecule has 1 atom stereocenters. The van der Waals surface area contributed by atoms with E-state index in [0.717, 1.165) is 12.2 Å². The summed E-state index contributed by atoms with van der Waals surface area (Å²) in [6.07, 6.45) is 4.69. The summed E-state index contributed by atoms with van der Waals surface area (Å²) in [5.74, 6) is 0.825. The highest BCUT2D eigenvalue weighted by molar-refractivity contribution is 5.76. The van der Waals surface area contributed by atoms with Crippen molar-refractivity contribution in [2.45, 2.75) is 25.8 Å². The third-order valence-electron chi connectivity index (χ3n) is 2.79. The van der Waals surface area contributed by atoms with Gasteiger partial charge in [-0.05, 0) is 18.9 Å². The van der Waals surface area contributed by atoms with Crippen molar-refractivity contribution < 1.29 is 4.79 Å². The van der Waals surface area contributed by atoms with Crippen LogP contribution in [0.2, 0.25) is 0 Å². The Morgan fingerprint density at radius 3 is 2.83 bits per heavy atom. The number of aryl methyl sites for hydroxylation is 1. The van der Waals surface area contributed by atoms with E-state index in [2.05, 4.69) is 15.3 Å². The van der Waals surface area contributed by atoms with E-state index in [-0.39, 0.29) is 11.9 Å². The highest BCUT2D eigenvalue weighted by Crippen LogP contribution is 2.07. The van der Waals surface area contributed by atoms with Crippen LogP contribution >= 0.6 is 0 Å².